The average Bonchev–Trinajstić information content (AvgIpc) is 2.43. The first-order chi connectivity index (χ1) is 10.1. The summed E-state index contributed by atoms with van der Waals surface area (Å²) in [7, 11) is 6.69. The second kappa shape index (κ2) is 7.28. The molecule has 0 aromatic heterocycles. The Kier molecular flexibility index (Phi) is 5.65. The van der Waals surface area contributed by atoms with Crippen LogP contribution in [0.3, 0.4) is 0 Å². The van der Waals surface area contributed by atoms with Crippen molar-refractivity contribution in [3.05, 3.63) is 29.8 Å². The lowest BCUT2D eigenvalue weighted by atomic mass is 9.75. The van der Waals surface area contributed by atoms with Gasteiger partial charge in [0.05, 0.1) is 0 Å². The summed E-state index contributed by atoms with van der Waals surface area (Å²) < 4.78 is 0. The summed E-state index contributed by atoms with van der Waals surface area (Å²) in [5.74, 6) is 0. The zero-order valence-electron chi connectivity index (χ0n) is 14.2. The SMILES string of the molecule is CCCNCc1ccccc1N(C)CC1(N(C)C)CCC1. The van der Waals surface area contributed by atoms with Gasteiger partial charge in [0.15, 0.2) is 0 Å². The highest BCUT2D eigenvalue weighted by Gasteiger charge is 2.40. The Hall–Kier alpha value is -1.06. The van der Waals surface area contributed by atoms with E-state index in [1.54, 1.807) is 0 Å². The van der Waals surface area contributed by atoms with Crippen molar-refractivity contribution in [2.24, 2.45) is 0 Å². The maximum absolute atomic E-state index is 3.52. The van der Waals surface area contributed by atoms with Crippen molar-refractivity contribution >= 4 is 5.69 Å². The fraction of sp³-hybridized carbons (Fsp3) is 0.667. The van der Waals surface area contributed by atoms with Crippen molar-refractivity contribution in [1.82, 2.24) is 10.2 Å². The van der Waals surface area contributed by atoms with Crippen LogP contribution in [0.4, 0.5) is 5.69 Å². The fourth-order valence-electron chi connectivity index (χ4n) is 3.29. The monoisotopic (exact) mass is 289 g/mol. The van der Waals surface area contributed by atoms with E-state index >= 15 is 0 Å². The lowest BCUT2D eigenvalue weighted by molar-refractivity contribution is 0.0683. The largest absolute Gasteiger partial charge is 0.372 e. The van der Waals surface area contributed by atoms with Crippen molar-refractivity contribution in [2.75, 3.05) is 39.1 Å². The minimum atomic E-state index is 0.374. The van der Waals surface area contributed by atoms with Gasteiger partial charge in [-0.25, -0.2) is 0 Å². The second-order valence-corrected chi connectivity index (χ2v) is 6.63. The van der Waals surface area contributed by atoms with E-state index < -0.39 is 0 Å². The molecule has 1 aliphatic rings. The Bertz CT molecular complexity index is 438. The van der Waals surface area contributed by atoms with E-state index in [4.69, 9.17) is 0 Å². The molecule has 3 heteroatoms. The van der Waals surface area contributed by atoms with Gasteiger partial charge < -0.3 is 15.1 Å². The van der Waals surface area contributed by atoms with Crippen molar-refractivity contribution in [2.45, 2.75) is 44.7 Å². The molecule has 0 amide bonds. The number of benzene rings is 1. The third-order valence-corrected chi connectivity index (χ3v) is 4.91. The maximum Gasteiger partial charge on any atom is 0.0409 e. The topological polar surface area (TPSA) is 18.5 Å². The number of nitrogens with one attached hydrogen (secondary N) is 1. The molecular formula is C18H31N3. The normalized spacial score (nSPS) is 16.8. The van der Waals surface area contributed by atoms with Gasteiger partial charge >= 0.3 is 0 Å². The number of para-hydroxylation sites is 1. The van der Waals surface area contributed by atoms with Crippen LogP contribution in [0.25, 0.3) is 0 Å². The molecule has 2 rings (SSSR count). The summed E-state index contributed by atoms with van der Waals surface area (Å²) in [6, 6.07) is 8.80. The first-order valence-corrected chi connectivity index (χ1v) is 8.26. The van der Waals surface area contributed by atoms with Crippen LogP contribution in [0.15, 0.2) is 24.3 Å². The molecule has 0 unspecified atom stereocenters. The van der Waals surface area contributed by atoms with E-state index in [0.717, 1.165) is 19.6 Å². The molecule has 0 aliphatic heterocycles. The first-order valence-electron chi connectivity index (χ1n) is 8.26. The fourth-order valence-corrected chi connectivity index (χ4v) is 3.29. The molecule has 0 saturated heterocycles. The standard InChI is InChI=1S/C18H31N3/c1-5-13-19-14-16-9-6-7-10-17(16)21(4)15-18(20(2)3)11-8-12-18/h6-7,9-10,19H,5,8,11-15H2,1-4H3. The van der Waals surface area contributed by atoms with E-state index in [1.807, 2.05) is 0 Å². The number of anilines is 1. The number of likely N-dealkylation sites (N-methyl/N-ethyl adjacent to an activating group) is 2. The molecule has 0 radical (unpaired) electrons. The van der Waals surface area contributed by atoms with Gasteiger partial charge in [0.1, 0.15) is 0 Å². The van der Waals surface area contributed by atoms with E-state index in [-0.39, 0.29) is 0 Å². The Morgan fingerprint density at radius 2 is 1.86 bits per heavy atom. The smallest absolute Gasteiger partial charge is 0.0409 e. The van der Waals surface area contributed by atoms with Gasteiger partial charge in [-0.3, -0.25) is 0 Å². The van der Waals surface area contributed by atoms with Gasteiger partial charge in [-0.2, -0.15) is 0 Å². The van der Waals surface area contributed by atoms with Gasteiger partial charge in [-0.15, -0.1) is 0 Å². The van der Waals surface area contributed by atoms with Crippen molar-refractivity contribution in [3.63, 3.8) is 0 Å². The number of nitrogens with zero attached hydrogens (tertiary/aromatic N) is 2. The Morgan fingerprint density at radius 3 is 2.43 bits per heavy atom. The average molecular weight is 289 g/mol. The summed E-state index contributed by atoms with van der Waals surface area (Å²) in [6.07, 6.45) is 5.19. The summed E-state index contributed by atoms with van der Waals surface area (Å²) >= 11 is 0. The highest BCUT2D eigenvalue weighted by Crippen LogP contribution is 2.37. The molecule has 0 atom stereocenters. The van der Waals surface area contributed by atoms with Crippen molar-refractivity contribution in [1.29, 1.82) is 0 Å². The zero-order valence-corrected chi connectivity index (χ0v) is 14.2. The molecule has 0 heterocycles. The van der Waals surface area contributed by atoms with E-state index in [1.165, 1.54) is 36.9 Å². The van der Waals surface area contributed by atoms with Crippen LogP contribution in [0, 0.1) is 0 Å². The Morgan fingerprint density at radius 1 is 1.14 bits per heavy atom. The minimum absolute atomic E-state index is 0.374. The quantitative estimate of drug-likeness (QED) is 0.742. The van der Waals surface area contributed by atoms with Crippen LogP contribution >= 0.6 is 0 Å². The van der Waals surface area contributed by atoms with Crippen molar-refractivity contribution < 1.29 is 0 Å². The molecule has 1 fully saturated rings. The van der Waals surface area contributed by atoms with Gasteiger partial charge in [0, 0.05) is 31.4 Å². The third kappa shape index (κ3) is 3.78. The zero-order chi connectivity index (χ0) is 15.3. The predicted octanol–water partition coefficient (Wildman–Crippen LogP) is 3.11. The van der Waals surface area contributed by atoms with E-state index in [0.29, 0.717) is 5.54 Å². The van der Waals surface area contributed by atoms with Crippen LogP contribution in [0.1, 0.15) is 38.2 Å². The highest BCUT2D eigenvalue weighted by atomic mass is 15.2. The summed E-state index contributed by atoms with van der Waals surface area (Å²) in [6.45, 7) is 5.37. The molecule has 118 valence electrons. The van der Waals surface area contributed by atoms with Crippen LogP contribution in [0.5, 0.6) is 0 Å². The van der Waals surface area contributed by atoms with Crippen molar-refractivity contribution in [3.8, 4) is 0 Å². The molecule has 21 heavy (non-hydrogen) atoms. The summed E-state index contributed by atoms with van der Waals surface area (Å²) in [5.41, 5.74) is 3.15. The maximum atomic E-state index is 3.52. The van der Waals surface area contributed by atoms with Gasteiger partial charge in [-0.05, 0) is 58.0 Å². The third-order valence-electron chi connectivity index (χ3n) is 4.91. The summed E-state index contributed by atoms with van der Waals surface area (Å²) in [4.78, 5) is 4.87. The lowest BCUT2D eigenvalue weighted by Crippen LogP contribution is -2.56. The molecule has 1 aromatic rings. The lowest BCUT2D eigenvalue weighted by Gasteiger charge is -2.49. The number of hydrogen-bond acceptors (Lipinski definition) is 3. The highest BCUT2D eigenvalue weighted by molar-refractivity contribution is 5.53. The van der Waals surface area contributed by atoms with Crippen LogP contribution in [-0.2, 0) is 6.54 Å². The number of rotatable bonds is 8. The molecule has 1 aromatic carbocycles. The molecular weight excluding hydrogens is 258 g/mol. The van der Waals surface area contributed by atoms with Crippen LogP contribution < -0.4 is 10.2 Å². The number of hydrogen-bond donors (Lipinski definition) is 1. The van der Waals surface area contributed by atoms with Crippen LogP contribution in [0.2, 0.25) is 0 Å². The summed E-state index contributed by atoms with van der Waals surface area (Å²) in [5, 5.41) is 3.52. The predicted molar refractivity (Wildman–Crippen MR) is 92.0 cm³/mol. The molecule has 1 saturated carbocycles. The Labute approximate surface area is 130 Å². The molecule has 0 bridgehead atoms. The van der Waals surface area contributed by atoms with Crippen LogP contribution in [-0.4, -0.2) is 44.7 Å². The van der Waals surface area contributed by atoms with Gasteiger partial charge in [-0.1, -0.05) is 25.1 Å². The molecule has 3 nitrogen and oxygen atoms in total. The van der Waals surface area contributed by atoms with Gasteiger partial charge in [0.2, 0.25) is 0 Å². The van der Waals surface area contributed by atoms with E-state index in [2.05, 4.69) is 67.4 Å². The molecule has 1 aliphatic carbocycles. The first kappa shape index (κ1) is 16.3. The Balaban J connectivity index is 2.06. The van der Waals surface area contributed by atoms with Gasteiger partial charge in [0.25, 0.3) is 0 Å². The molecule has 1 N–H and O–H groups in total. The van der Waals surface area contributed by atoms with E-state index in [9.17, 15) is 0 Å². The second-order valence-electron chi connectivity index (χ2n) is 6.63. The minimum Gasteiger partial charge on any atom is -0.372 e. The molecule has 0 spiro atoms.